The maximum atomic E-state index is 12.9. The Morgan fingerprint density at radius 1 is 1.21 bits per heavy atom. The number of hydrogen-bond donors (Lipinski definition) is 1. The average Bonchev–Trinajstić information content (AvgIpc) is 3.12. The largest absolute Gasteiger partial charge is 0.492 e. The van der Waals surface area contributed by atoms with E-state index in [1.807, 2.05) is 6.07 Å². The molecular formula is C22H26FN3OS. The normalized spacial score (nSPS) is 20.4. The van der Waals surface area contributed by atoms with E-state index in [9.17, 15) is 4.39 Å². The molecule has 6 heteroatoms. The number of thiazole rings is 1. The fourth-order valence-electron chi connectivity index (χ4n) is 3.78. The summed E-state index contributed by atoms with van der Waals surface area (Å²) in [6, 6.07) is 14.5. The van der Waals surface area contributed by atoms with Crippen LogP contribution in [0.3, 0.4) is 0 Å². The molecule has 1 N–H and O–H groups in total. The van der Waals surface area contributed by atoms with Gasteiger partial charge in [0.2, 0.25) is 0 Å². The predicted octanol–water partition coefficient (Wildman–Crippen LogP) is 4.88. The minimum absolute atomic E-state index is 0.234. The second-order valence-corrected chi connectivity index (χ2v) is 8.53. The van der Waals surface area contributed by atoms with E-state index in [0.717, 1.165) is 42.6 Å². The third-order valence-electron chi connectivity index (χ3n) is 5.47. The van der Waals surface area contributed by atoms with Crippen LogP contribution in [-0.4, -0.2) is 42.7 Å². The van der Waals surface area contributed by atoms with E-state index in [-0.39, 0.29) is 5.82 Å². The van der Waals surface area contributed by atoms with E-state index >= 15 is 0 Å². The van der Waals surface area contributed by atoms with Crippen LogP contribution in [0.25, 0.3) is 10.2 Å². The summed E-state index contributed by atoms with van der Waals surface area (Å²) in [5.41, 5.74) is 1.07. The Kier molecular flexibility index (Phi) is 6.07. The van der Waals surface area contributed by atoms with Gasteiger partial charge in [-0.2, -0.15) is 0 Å². The lowest BCUT2D eigenvalue weighted by molar-refractivity contribution is 0.117. The molecule has 1 fully saturated rings. The molecule has 0 amide bonds. The number of aromatic nitrogens is 1. The van der Waals surface area contributed by atoms with Gasteiger partial charge in [-0.3, -0.25) is 4.90 Å². The number of ether oxygens (including phenoxy) is 1. The lowest BCUT2D eigenvalue weighted by Crippen LogP contribution is -2.43. The molecule has 0 bridgehead atoms. The maximum Gasteiger partial charge on any atom is 0.183 e. The average molecular weight is 400 g/mol. The van der Waals surface area contributed by atoms with Crippen molar-refractivity contribution in [3.8, 4) is 5.75 Å². The first-order valence-corrected chi connectivity index (χ1v) is 10.7. The van der Waals surface area contributed by atoms with Crippen LogP contribution in [0.15, 0.2) is 48.5 Å². The van der Waals surface area contributed by atoms with Crippen molar-refractivity contribution >= 4 is 26.7 Å². The molecule has 0 saturated carbocycles. The van der Waals surface area contributed by atoms with Crippen molar-refractivity contribution in [1.82, 2.24) is 9.88 Å². The number of benzene rings is 2. The van der Waals surface area contributed by atoms with Crippen LogP contribution in [0.1, 0.15) is 13.3 Å². The van der Waals surface area contributed by atoms with Crippen LogP contribution in [0.2, 0.25) is 0 Å². The van der Waals surface area contributed by atoms with Gasteiger partial charge in [-0.25, -0.2) is 9.37 Å². The quantitative estimate of drug-likeness (QED) is 0.614. The standard InChI is InChI=1S/C22H26FN3OS/c1-16-15-26(12-13-27-19-8-6-18(23)7-9-19)11-10-17(16)14-24-22-25-20-4-2-3-5-21(20)28-22/h2-9,16-17H,10-15H2,1H3,(H,24,25)/t16-,17-/m1/s1. The fraction of sp³-hybridized carbons (Fsp3) is 0.409. The van der Waals surface area contributed by atoms with E-state index in [4.69, 9.17) is 4.74 Å². The first kappa shape index (κ1) is 19.2. The Labute approximate surface area is 169 Å². The fourth-order valence-corrected chi connectivity index (χ4v) is 4.65. The van der Waals surface area contributed by atoms with Crippen LogP contribution < -0.4 is 10.1 Å². The highest BCUT2D eigenvalue weighted by atomic mass is 32.1. The van der Waals surface area contributed by atoms with Crippen LogP contribution in [0.4, 0.5) is 9.52 Å². The molecule has 4 nitrogen and oxygen atoms in total. The SMILES string of the molecule is C[C@@H]1CN(CCOc2ccc(F)cc2)CC[C@@H]1CNc1nc2ccccc2s1. The van der Waals surface area contributed by atoms with Crippen molar-refractivity contribution in [2.45, 2.75) is 13.3 Å². The van der Waals surface area contributed by atoms with Crippen molar-refractivity contribution < 1.29 is 9.13 Å². The first-order chi connectivity index (χ1) is 13.7. The third kappa shape index (κ3) is 4.80. The molecule has 0 aliphatic carbocycles. The molecule has 0 spiro atoms. The number of para-hydroxylation sites is 1. The van der Waals surface area contributed by atoms with E-state index in [2.05, 4.69) is 40.3 Å². The number of nitrogens with one attached hydrogen (secondary N) is 1. The van der Waals surface area contributed by atoms with E-state index < -0.39 is 0 Å². The molecule has 1 saturated heterocycles. The second-order valence-electron chi connectivity index (χ2n) is 7.50. The molecule has 2 heterocycles. The van der Waals surface area contributed by atoms with Crippen molar-refractivity contribution in [2.75, 3.05) is 38.1 Å². The summed E-state index contributed by atoms with van der Waals surface area (Å²) in [4.78, 5) is 7.13. The zero-order valence-electron chi connectivity index (χ0n) is 16.1. The van der Waals surface area contributed by atoms with Crippen LogP contribution in [-0.2, 0) is 0 Å². The van der Waals surface area contributed by atoms with Gasteiger partial charge in [0.05, 0.1) is 10.2 Å². The van der Waals surface area contributed by atoms with Gasteiger partial charge in [-0.05, 0) is 61.2 Å². The topological polar surface area (TPSA) is 37.4 Å². The molecule has 0 radical (unpaired) electrons. The monoisotopic (exact) mass is 399 g/mol. The van der Waals surface area contributed by atoms with Gasteiger partial charge in [0.25, 0.3) is 0 Å². The zero-order chi connectivity index (χ0) is 19.3. The Balaban J connectivity index is 1.20. The van der Waals surface area contributed by atoms with Gasteiger partial charge >= 0.3 is 0 Å². The molecule has 148 valence electrons. The predicted molar refractivity (Wildman–Crippen MR) is 114 cm³/mol. The molecule has 1 aliphatic heterocycles. The van der Waals surface area contributed by atoms with Crippen LogP contribution >= 0.6 is 11.3 Å². The number of nitrogens with zero attached hydrogens (tertiary/aromatic N) is 2. The van der Waals surface area contributed by atoms with Gasteiger partial charge in [-0.15, -0.1) is 0 Å². The lowest BCUT2D eigenvalue weighted by Gasteiger charge is -2.36. The number of hydrogen-bond acceptors (Lipinski definition) is 5. The summed E-state index contributed by atoms with van der Waals surface area (Å²) >= 11 is 1.72. The Morgan fingerprint density at radius 3 is 2.82 bits per heavy atom. The van der Waals surface area contributed by atoms with Crippen molar-refractivity contribution in [1.29, 1.82) is 0 Å². The van der Waals surface area contributed by atoms with Crippen molar-refractivity contribution in [3.63, 3.8) is 0 Å². The van der Waals surface area contributed by atoms with Gasteiger partial charge in [0.15, 0.2) is 5.13 Å². The first-order valence-electron chi connectivity index (χ1n) is 9.87. The summed E-state index contributed by atoms with van der Waals surface area (Å²) in [7, 11) is 0. The Bertz CT molecular complexity index is 865. The second kappa shape index (κ2) is 8.88. The summed E-state index contributed by atoms with van der Waals surface area (Å²) < 4.78 is 19.9. The maximum absolute atomic E-state index is 12.9. The molecule has 4 rings (SSSR count). The van der Waals surface area contributed by atoms with Crippen molar-refractivity contribution in [2.24, 2.45) is 11.8 Å². The minimum Gasteiger partial charge on any atom is -0.492 e. The van der Waals surface area contributed by atoms with E-state index in [1.54, 1.807) is 23.5 Å². The molecule has 28 heavy (non-hydrogen) atoms. The third-order valence-corrected chi connectivity index (χ3v) is 6.46. The highest BCUT2D eigenvalue weighted by Crippen LogP contribution is 2.28. The molecule has 3 aromatic rings. The lowest BCUT2D eigenvalue weighted by atomic mass is 9.87. The minimum atomic E-state index is -0.234. The molecule has 2 atom stereocenters. The molecule has 0 unspecified atom stereocenters. The van der Waals surface area contributed by atoms with Gasteiger partial charge in [-0.1, -0.05) is 30.4 Å². The summed E-state index contributed by atoms with van der Waals surface area (Å²) in [6.07, 6.45) is 1.18. The number of fused-ring (bicyclic) bond motifs is 1. The van der Waals surface area contributed by atoms with Crippen molar-refractivity contribution in [3.05, 3.63) is 54.3 Å². The molecule has 1 aromatic heterocycles. The molecular weight excluding hydrogens is 373 g/mol. The van der Waals surface area contributed by atoms with Crippen LogP contribution in [0, 0.1) is 17.7 Å². The molecule has 2 aromatic carbocycles. The number of piperidine rings is 1. The highest BCUT2D eigenvalue weighted by molar-refractivity contribution is 7.22. The number of rotatable bonds is 7. The van der Waals surface area contributed by atoms with Gasteiger partial charge in [0, 0.05) is 19.6 Å². The zero-order valence-corrected chi connectivity index (χ0v) is 16.9. The van der Waals surface area contributed by atoms with E-state index in [1.165, 1.54) is 23.3 Å². The Hall–Kier alpha value is -2.18. The van der Waals surface area contributed by atoms with Gasteiger partial charge in [0.1, 0.15) is 18.2 Å². The number of anilines is 1. The highest BCUT2D eigenvalue weighted by Gasteiger charge is 2.26. The summed E-state index contributed by atoms with van der Waals surface area (Å²) in [6.45, 7) is 7.01. The van der Waals surface area contributed by atoms with E-state index in [0.29, 0.717) is 18.4 Å². The summed E-state index contributed by atoms with van der Waals surface area (Å²) in [5.74, 6) is 1.77. The Morgan fingerprint density at radius 2 is 2.04 bits per heavy atom. The summed E-state index contributed by atoms with van der Waals surface area (Å²) in [5, 5.41) is 4.57. The van der Waals surface area contributed by atoms with Crippen LogP contribution in [0.5, 0.6) is 5.75 Å². The van der Waals surface area contributed by atoms with Gasteiger partial charge < -0.3 is 10.1 Å². The number of halogens is 1. The number of likely N-dealkylation sites (tertiary alicyclic amines) is 1. The molecule has 1 aliphatic rings. The smallest absolute Gasteiger partial charge is 0.183 e.